The van der Waals surface area contributed by atoms with Crippen molar-refractivity contribution in [2.24, 2.45) is 5.92 Å². The molecule has 0 bridgehead atoms. The predicted molar refractivity (Wildman–Crippen MR) is 84.9 cm³/mol. The molecule has 6 nitrogen and oxygen atoms in total. The van der Waals surface area contributed by atoms with Crippen molar-refractivity contribution in [3.05, 3.63) is 60.3 Å². The fraction of sp³-hybridized carbons (Fsp3) is 0.294. The van der Waals surface area contributed by atoms with E-state index in [2.05, 4.69) is 15.1 Å². The topological polar surface area (TPSA) is 63.4 Å². The monoisotopic (exact) mass is 307 g/mol. The first-order valence-electron chi connectivity index (χ1n) is 7.79. The number of hydrogen-bond acceptors (Lipinski definition) is 4. The number of amides is 1. The molecule has 6 heteroatoms. The lowest BCUT2D eigenvalue weighted by Crippen LogP contribution is -2.30. The quantitative estimate of drug-likeness (QED) is 0.740. The summed E-state index contributed by atoms with van der Waals surface area (Å²) in [5, 5.41) is 4.22. The van der Waals surface area contributed by atoms with Gasteiger partial charge in [0.2, 0.25) is 0 Å². The Morgan fingerprint density at radius 2 is 2.13 bits per heavy atom. The SMILES string of the molecule is O=C(c1cnc2cccnn12)N1CCC(Cc2ccccn2)C1. The van der Waals surface area contributed by atoms with Crippen LogP contribution in [0, 0.1) is 5.92 Å². The molecular formula is C17H17N5O. The normalized spacial score (nSPS) is 17.7. The van der Waals surface area contributed by atoms with Crippen LogP contribution in [0.2, 0.25) is 0 Å². The van der Waals surface area contributed by atoms with Crippen LogP contribution in [-0.4, -0.2) is 43.5 Å². The Kier molecular flexibility index (Phi) is 3.49. The van der Waals surface area contributed by atoms with Crippen molar-refractivity contribution in [1.82, 2.24) is 24.5 Å². The van der Waals surface area contributed by atoms with Crippen LogP contribution in [0.3, 0.4) is 0 Å². The molecule has 1 fully saturated rings. The molecule has 1 aliphatic rings. The Labute approximate surface area is 133 Å². The van der Waals surface area contributed by atoms with Crippen LogP contribution >= 0.6 is 0 Å². The lowest BCUT2D eigenvalue weighted by Gasteiger charge is -2.15. The van der Waals surface area contributed by atoms with Crippen LogP contribution in [-0.2, 0) is 6.42 Å². The number of pyridine rings is 1. The van der Waals surface area contributed by atoms with Gasteiger partial charge in [0.25, 0.3) is 5.91 Å². The van der Waals surface area contributed by atoms with Gasteiger partial charge in [-0.15, -0.1) is 0 Å². The zero-order chi connectivity index (χ0) is 15.6. The van der Waals surface area contributed by atoms with Crippen molar-refractivity contribution >= 4 is 11.6 Å². The van der Waals surface area contributed by atoms with Crippen LogP contribution in [0.25, 0.3) is 5.65 Å². The summed E-state index contributed by atoms with van der Waals surface area (Å²) in [4.78, 5) is 23.2. The van der Waals surface area contributed by atoms with E-state index in [1.54, 1.807) is 16.9 Å². The standard InChI is InChI=1S/C17H17N5O/c23-17(15-11-19-16-5-3-8-20-22(15)16)21-9-6-13(12-21)10-14-4-1-2-7-18-14/h1-5,7-8,11,13H,6,9-10,12H2. The lowest BCUT2D eigenvalue weighted by molar-refractivity contribution is 0.0779. The molecule has 0 spiro atoms. The fourth-order valence-corrected chi connectivity index (χ4v) is 3.14. The number of carbonyl (C=O) groups is 1. The molecule has 4 rings (SSSR count). The first-order valence-corrected chi connectivity index (χ1v) is 7.79. The van der Waals surface area contributed by atoms with E-state index in [-0.39, 0.29) is 5.91 Å². The molecule has 1 aliphatic heterocycles. The summed E-state index contributed by atoms with van der Waals surface area (Å²) in [7, 11) is 0. The number of fused-ring (bicyclic) bond motifs is 1. The number of hydrogen-bond donors (Lipinski definition) is 0. The predicted octanol–water partition coefficient (Wildman–Crippen LogP) is 1.83. The molecule has 0 aliphatic carbocycles. The zero-order valence-electron chi connectivity index (χ0n) is 12.7. The Morgan fingerprint density at radius 1 is 1.17 bits per heavy atom. The zero-order valence-corrected chi connectivity index (χ0v) is 12.7. The number of imidazole rings is 1. The van der Waals surface area contributed by atoms with Gasteiger partial charge in [-0.1, -0.05) is 6.07 Å². The highest BCUT2D eigenvalue weighted by molar-refractivity contribution is 5.93. The molecule has 23 heavy (non-hydrogen) atoms. The molecule has 0 saturated carbocycles. The fourth-order valence-electron chi connectivity index (χ4n) is 3.14. The van der Waals surface area contributed by atoms with E-state index in [1.165, 1.54) is 0 Å². The maximum Gasteiger partial charge on any atom is 0.274 e. The average Bonchev–Trinajstić information content (AvgIpc) is 3.22. The molecule has 4 heterocycles. The van der Waals surface area contributed by atoms with E-state index < -0.39 is 0 Å². The van der Waals surface area contributed by atoms with E-state index in [9.17, 15) is 4.79 Å². The highest BCUT2D eigenvalue weighted by Gasteiger charge is 2.29. The number of likely N-dealkylation sites (tertiary alicyclic amines) is 1. The third-order valence-corrected chi connectivity index (χ3v) is 4.29. The first kappa shape index (κ1) is 13.9. The van der Waals surface area contributed by atoms with Crippen molar-refractivity contribution in [2.75, 3.05) is 13.1 Å². The summed E-state index contributed by atoms with van der Waals surface area (Å²) >= 11 is 0. The van der Waals surface area contributed by atoms with Gasteiger partial charge < -0.3 is 4.90 Å². The van der Waals surface area contributed by atoms with Crippen LogP contribution in [0.1, 0.15) is 22.6 Å². The maximum atomic E-state index is 12.7. The molecule has 0 radical (unpaired) electrons. The first-order chi connectivity index (χ1) is 11.3. The van der Waals surface area contributed by atoms with E-state index in [1.807, 2.05) is 41.4 Å². The van der Waals surface area contributed by atoms with Gasteiger partial charge in [-0.3, -0.25) is 9.78 Å². The van der Waals surface area contributed by atoms with Gasteiger partial charge in [0.05, 0.1) is 6.20 Å². The number of carbonyl (C=O) groups excluding carboxylic acids is 1. The molecule has 3 aromatic heterocycles. The smallest absolute Gasteiger partial charge is 0.274 e. The molecular weight excluding hydrogens is 290 g/mol. The Bertz CT molecular complexity index is 829. The van der Waals surface area contributed by atoms with Gasteiger partial charge in [-0.2, -0.15) is 5.10 Å². The third-order valence-electron chi connectivity index (χ3n) is 4.29. The number of nitrogens with zero attached hydrogens (tertiary/aromatic N) is 5. The van der Waals surface area contributed by atoms with Gasteiger partial charge in [0, 0.05) is 31.2 Å². The van der Waals surface area contributed by atoms with Crippen LogP contribution in [0.5, 0.6) is 0 Å². The van der Waals surface area contributed by atoms with Gasteiger partial charge in [-0.25, -0.2) is 9.50 Å². The minimum atomic E-state index is -0.000258. The van der Waals surface area contributed by atoms with E-state index in [4.69, 9.17) is 0 Å². The highest BCUT2D eigenvalue weighted by Crippen LogP contribution is 2.22. The summed E-state index contributed by atoms with van der Waals surface area (Å²) in [6, 6.07) is 9.63. The second-order valence-electron chi connectivity index (χ2n) is 5.87. The third kappa shape index (κ3) is 2.67. The molecule has 1 unspecified atom stereocenters. The minimum Gasteiger partial charge on any atom is -0.337 e. The molecule has 3 aromatic rings. The lowest BCUT2D eigenvalue weighted by atomic mass is 10.0. The van der Waals surface area contributed by atoms with Gasteiger partial charge in [-0.05, 0) is 43.0 Å². The summed E-state index contributed by atoms with van der Waals surface area (Å²) in [6.07, 6.45) is 7.01. The van der Waals surface area contributed by atoms with Crippen molar-refractivity contribution in [3.63, 3.8) is 0 Å². The van der Waals surface area contributed by atoms with Crippen LogP contribution < -0.4 is 0 Å². The van der Waals surface area contributed by atoms with E-state index in [0.29, 0.717) is 17.3 Å². The van der Waals surface area contributed by atoms with Gasteiger partial charge in [0.15, 0.2) is 11.3 Å². The van der Waals surface area contributed by atoms with Crippen LogP contribution in [0.15, 0.2) is 48.9 Å². The molecule has 1 amide bonds. The summed E-state index contributed by atoms with van der Waals surface area (Å²) in [5.74, 6) is 0.459. The molecule has 0 aromatic carbocycles. The summed E-state index contributed by atoms with van der Waals surface area (Å²) in [5.41, 5.74) is 2.31. The Morgan fingerprint density at radius 3 is 3.00 bits per heavy atom. The number of rotatable bonds is 3. The summed E-state index contributed by atoms with van der Waals surface area (Å²) in [6.45, 7) is 1.53. The molecule has 0 N–H and O–H groups in total. The molecule has 1 saturated heterocycles. The van der Waals surface area contributed by atoms with Crippen molar-refractivity contribution in [3.8, 4) is 0 Å². The van der Waals surface area contributed by atoms with Gasteiger partial charge >= 0.3 is 0 Å². The van der Waals surface area contributed by atoms with Gasteiger partial charge in [0.1, 0.15) is 0 Å². The Balaban J connectivity index is 1.48. The highest BCUT2D eigenvalue weighted by atomic mass is 16.2. The maximum absolute atomic E-state index is 12.7. The molecule has 116 valence electrons. The van der Waals surface area contributed by atoms with Crippen molar-refractivity contribution < 1.29 is 4.79 Å². The number of aromatic nitrogens is 4. The second-order valence-corrected chi connectivity index (χ2v) is 5.87. The largest absolute Gasteiger partial charge is 0.337 e. The van der Waals surface area contributed by atoms with Crippen LogP contribution in [0.4, 0.5) is 0 Å². The second kappa shape index (κ2) is 5.79. The van der Waals surface area contributed by atoms with E-state index >= 15 is 0 Å². The van der Waals surface area contributed by atoms with E-state index in [0.717, 1.165) is 31.6 Å². The average molecular weight is 307 g/mol. The summed E-state index contributed by atoms with van der Waals surface area (Å²) < 4.78 is 1.61. The minimum absolute atomic E-state index is 0.000258. The van der Waals surface area contributed by atoms with Crippen molar-refractivity contribution in [2.45, 2.75) is 12.8 Å². The van der Waals surface area contributed by atoms with Crippen molar-refractivity contribution in [1.29, 1.82) is 0 Å². The Hall–Kier alpha value is -2.76. The molecule has 1 atom stereocenters.